The second-order valence-electron chi connectivity index (χ2n) is 6.29. The van der Waals surface area contributed by atoms with Crippen LogP contribution in [0.4, 0.5) is 0 Å². The van der Waals surface area contributed by atoms with Crippen LogP contribution in [0.1, 0.15) is 40.0 Å². The Morgan fingerprint density at radius 3 is 1.96 bits per heavy atom. The SMILES string of the molecule is CC(C)C[C@H](N)C(=O)N[C@H](C(=O)N[C@@H](CCC(=O)O)C(=O)O)[C@@H](C)O. The van der Waals surface area contributed by atoms with Crippen LogP contribution in [0, 0.1) is 5.92 Å². The molecule has 0 bridgehead atoms. The van der Waals surface area contributed by atoms with Gasteiger partial charge in [0.25, 0.3) is 0 Å². The van der Waals surface area contributed by atoms with Gasteiger partial charge in [0.15, 0.2) is 0 Å². The zero-order valence-electron chi connectivity index (χ0n) is 14.6. The Bertz CT molecular complexity index is 494. The van der Waals surface area contributed by atoms with Crippen molar-refractivity contribution in [3.05, 3.63) is 0 Å². The van der Waals surface area contributed by atoms with E-state index in [1.165, 1.54) is 6.92 Å². The Balaban J connectivity index is 4.94. The summed E-state index contributed by atoms with van der Waals surface area (Å²) in [4.78, 5) is 45.9. The first-order valence-corrected chi connectivity index (χ1v) is 7.94. The van der Waals surface area contributed by atoms with E-state index >= 15 is 0 Å². The van der Waals surface area contributed by atoms with E-state index in [0.717, 1.165) is 0 Å². The summed E-state index contributed by atoms with van der Waals surface area (Å²) in [6.45, 7) is 4.99. The lowest BCUT2D eigenvalue weighted by atomic mass is 10.0. The molecule has 4 atom stereocenters. The van der Waals surface area contributed by atoms with E-state index in [1.807, 2.05) is 13.8 Å². The molecule has 0 rings (SSSR count). The van der Waals surface area contributed by atoms with Gasteiger partial charge in [-0.25, -0.2) is 4.79 Å². The Labute approximate surface area is 145 Å². The fourth-order valence-electron chi connectivity index (χ4n) is 2.07. The van der Waals surface area contributed by atoms with Crippen molar-refractivity contribution in [1.82, 2.24) is 10.6 Å². The number of aliphatic hydroxyl groups is 1. The first kappa shape index (κ1) is 22.8. The number of carboxylic acid groups (broad SMARTS) is 2. The second-order valence-corrected chi connectivity index (χ2v) is 6.29. The molecule has 10 heteroatoms. The van der Waals surface area contributed by atoms with Gasteiger partial charge in [0, 0.05) is 6.42 Å². The summed E-state index contributed by atoms with van der Waals surface area (Å²) in [6, 6.07) is -3.74. The first-order valence-electron chi connectivity index (χ1n) is 7.94. The molecule has 0 aliphatic carbocycles. The molecule has 144 valence electrons. The van der Waals surface area contributed by atoms with Crippen molar-refractivity contribution in [3.8, 4) is 0 Å². The van der Waals surface area contributed by atoms with Gasteiger partial charge >= 0.3 is 11.9 Å². The summed E-state index contributed by atoms with van der Waals surface area (Å²) in [7, 11) is 0. The van der Waals surface area contributed by atoms with E-state index in [4.69, 9.17) is 15.9 Å². The summed E-state index contributed by atoms with van der Waals surface area (Å²) in [5.41, 5.74) is 5.71. The fourth-order valence-corrected chi connectivity index (χ4v) is 2.07. The number of aliphatic carboxylic acids is 2. The van der Waals surface area contributed by atoms with Crippen molar-refractivity contribution in [2.45, 2.75) is 64.3 Å². The number of aliphatic hydroxyl groups excluding tert-OH is 1. The normalized spacial score (nSPS) is 15.8. The molecule has 0 aromatic heterocycles. The minimum Gasteiger partial charge on any atom is -0.481 e. The maximum absolute atomic E-state index is 12.2. The van der Waals surface area contributed by atoms with E-state index in [2.05, 4.69) is 10.6 Å². The highest BCUT2D eigenvalue weighted by Crippen LogP contribution is 2.05. The molecule has 25 heavy (non-hydrogen) atoms. The molecule has 0 aromatic rings. The molecule has 0 fully saturated rings. The number of nitrogens with one attached hydrogen (secondary N) is 2. The molecule has 0 unspecified atom stereocenters. The van der Waals surface area contributed by atoms with Gasteiger partial charge in [-0.05, 0) is 25.7 Å². The first-order chi connectivity index (χ1) is 11.5. The van der Waals surface area contributed by atoms with Gasteiger partial charge in [0.2, 0.25) is 11.8 Å². The number of hydrogen-bond donors (Lipinski definition) is 6. The maximum atomic E-state index is 12.2. The van der Waals surface area contributed by atoms with Gasteiger partial charge < -0.3 is 31.7 Å². The molecular weight excluding hydrogens is 334 g/mol. The van der Waals surface area contributed by atoms with Gasteiger partial charge in [0.1, 0.15) is 12.1 Å². The number of amides is 2. The summed E-state index contributed by atoms with van der Waals surface area (Å²) in [5, 5.41) is 31.8. The zero-order valence-corrected chi connectivity index (χ0v) is 14.6. The molecule has 10 nitrogen and oxygen atoms in total. The highest BCUT2D eigenvalue weighted by Gasteiger charge is 2.31. The molecule has 2 amide bonds. The molecular formula is C15H27N3O7. The molecule has 0 radical (unpaired) electrons. The molecule has 7 N–H and O–H groups in total. The number of rotatable bonds is 11. The molecule has 0 saturated heterocycles. The van der Waals surface area contributed by atoms with Gasteiger partial charge in [-0.3, -0.25) is 14.4 Å². The lowest BCUT2D eigenvalue weighted by molar-refractivity contribution is -0.144. The van der Waals surface area contributed by atoms with Crippen LogP contribution in [0.2, 0.25) is 0 Å². The Hall–Kier alpha value is -2.20. The minimum atomic E-state index is -1.45. The molecule has 0 aliphatic heterocycles. The smallest absolute Gasteiger partial charge is 0.326 e. The van der Waals surface area contributed by atoms with Gasteiger partial charge in [-0.1, -0.05) is 13.8 Å². The Morgan fingerprint density at radius 2 is 1.56 bits per heavy atom. The van der Waals surface area contributed by atoms with Gasteiger partial charge in [-0.15, -0.1) is 0 Å². The second kappa shape index (κ2) is 10.6. The van der Waals surface area contributed by atoms with Crippen molar-refractivity contribution in [2.24, 2.45) is 11.7 Å². The highest BCUT2D eigenvalue weighted by molar-refractivity contribution is 5.92. The van der Waals surface area contributed by atoms with Crippen LogP contribution >= 0.6 is 0 Å². The van der Waals surface area contributed by atoms with Crippen molar-refractivity contribution in [2.75, 3.05) is 0 Å². The summed E-state index contributed by atoms with van der Waals surface area (Å²) >= 11 is 0. The third-order valence-corrected chi connectivity index (χ3v) is 3.39. The predicted molar refractivity (Wildman–Crippen MR) is 87.5 cm³/mol. The van der Waals surface area contributed by atoms with Crippen LogP contribution in [-0.4, -0.2) is 63.3 Å². The minimum absolute atomic E-state index is 0.145. The van der Waals surface area contributed by atoms with Gasteiger partial charge in [-0.2, -0.15) is 0 Å². The average molecular weight is 361 g/mol. The van der Waals surface area contributed by atoms with E-state index in [-0.39, 0.29) is 12.3 Å². The van der Waals surface area contributed by atoms with Crippen LogP contribution in [0.25, 0.3) is 0 Å². The van der Waals surface area contributed by atoms with Crippen molar-refractivity contribution in [3.63, 3.8) is 0 Å². The lowest BCUT2D eigenvalue weighted by Gasteiger charge is -2.24. The van der Waals surface area contributed by atoms with E-state index in [9.17, 15) is 24.3 Å². The van der Waals surface area contributed by atoms with E-state index in [1.54, 1.807) is 0 Å². The molecule has 0 aliphatic rings. The quantitative estimate of drug-likeness (QED) is 0.261. The Kier molecular flexibility index (Phi) is 9.69. The monoisotopic (exact) mass is 361 g/mol. The van der Waals surface area contributed by atoms with Gasteiger partial charge in [0.05, 0.1) is 12.1 Å². The van der Waals surface area contributed by atoms with Crippen LogP contribution in [0.3, 0.4) is 0 Å². The topological polar surface area (TPSA) is 179 Å². The molecule has 0 heterocycles. The zero-order chi connectivity index (χ0) is 19.7. The Morgan fingerprint density at radius 1 is 1.00 bits per heavy atom. The standard InChI is InChI=1S/C15H27N3O7/c1-7(2)6-9(16)13(22)18-12(8(3)19)14(23)17-10(15(24)25)4-5-11(20)21/h7-10,12,19H,4-6,16H2,1-3H3,(H,17,23)(H,18,22)(H,20,21)(H,24,25)/t8-,9+,10+,12+/m1/s1. The molecule has 0 aromatic carbocycles. The van der Waals surface area contributed by atoms with Crippen LogP contribution in [0.5, 0.6) is 0 Å². The number of hydrogen-bond acceptors (Lipinski definition) is 6. The van der Waals surface area contributed by atoms with Crippen LogP contribution < -0.4 is 16.4 Å². The molecule has 0 spiro atoms. The summed E-state index contributed by atoms with van der Waals surface area (Å²) in [6.07, 6.45) is -1.72. The number of nitrogens with two attached hydrogens (primary N) is 1. The van der Waals surface area contributed by atoms with E-state index in [0.29, 0.717) is 6.42 Å². The average Bonchev–Trinajstić information content (AvgIpc) is 2.46. The third kappa shape index (κ3) is 9.01. The number of carbonyl (C=O) groups is 4. The van der Waals surface area contributed by atoms with Crippen molar-refractivity contribution >= 4 is 23.8 Å². The number of carboxylic acids is 2. The molecule has 0 saturated carbocycles. The summed E-state index contributed by atoms with van der Waals surface area (Å²) < 4.78 is 0. The van der Waals surface area contributed by atoms with Crippen LogP contribution in [-0.2, 0) is 19.2 Å². The highest BCUT2D eigenvalue weighted by atomic mass is 16.4. The summed E-state index contributed by atoms with van der Waals surface area (Å²) in [5.74, 6) is -4.06. The van der Waals surface area contributed by atoms with Crippen molar-refractivity contribution < 1.29 is 34.5 Å². The van der Waals surface area contributed by atoms with Crippen molar-refractivity contribution in [1.29, 1.82) is 0 Å². The van der Waals surface area contributed by atoms with E-state index < -0.39 is 54.4 Å². The third-order valence-electron chi connectivity index (χ3n) is 3.39. The largest absolute Gasteiger partial charge is 0.481 e. The fraction of sp³-hybridized carbons (Fsp3) is 0.733. The number of carbonyl (C=O) groups excluding carboxylic acids is 2. The van der Waals surface area contributed by atoms with Crippen LogP contribution in [0.15, 0.2) is 0 Å². The maximum Gasteiger partial charge on any atom is 0.326 e. The lowest BCUT2D eigenvalue weighted by Crippen LogP contribution is -2.58. The predicted octanol–water partition coefficient (Wildman–Crippen LogP) is -1.34.